The van der Waals surface area contributed by atoms with Gasteiger partial charge in [-0.2, -0.15) is 0 Å². The SMILES string of the molecule is COC[C@@H](C)N1C[C@H](C(=O)NCC(C)C)CC1=O. The normalized spacial score (nSPS) is 21.5. The van der Waals surface area contributed by atoms with Crippen molar-refractivity contribution in [1.82, 2.24) is 10.2 Å². The molecule has 1 rings (SSSR count). The van der Waals surface area contributed by atoms with E-state index in [4.69, 9.17) is 4.74 Å². The number of amides is 2. The van der Waals surface area contributed by atoms with Crippen LogP contribution in [0.1, 0.15) is 27.2 Å². The number of likely N-dealkylation sites (tertiary alicyclic amines) is 1. The summed E-state index contributed by atoms with van der Waals surface area (Å²) in [7, 11) is 1.61. The Labute approximate surface area is 109 Å². The van der Waals surface area contributed by atoms with Crippen molar-refractivity contribution >= 4 is 11.8 Å². The lowest BCUT2D eigenvalue weighted by Gasteiger charge is -2.24. The van der Waals surface area contributed by atoms with Crippen molar-refractivity contribution in [1.29, 1.82) is 0 Å². The molecule has 0 aromatic heterocycles. The summed E-state index contributed by atoms with van der Waals surface area (Å²) in [5, 5.41) is 2.89. The quantitative estimate of drug-likeness (QED) is 0.759. The molecule has 0 radical (unpaired) electrons. The van der Waals surface area contributed by atoms with E-state index in [0.29, 0.717) is 32.0 Å². The number of hydrogen-bond donors (Lipinski definition) is 1. The summed E-state index contributed by atoms with van der Waals surface area (Å²) in [6, 6.07) is 0.0328. The van der Waals surface area contributed by atoms with Crippen LogP contribution >= 0.6 is 0 Å². The molecule has 0 aromatic rings. The fourth-order valence-corrected chi connectivity index (χ4v) is 2.11. The Balaban J connectivity index is 2.47. The van der Waals surface area contributed by atoms with Gasteiger partial charge in [0.15, 0.2) is 0 Å². The van der Waals surface area contributed by atoms with Crippen molar-refractivity contribution in [3.63, 3.8) is 0 Å². The molecule has 0 unspecified atom stereocenters. The van der Waals surface area contributed by atoms with E-state index in [-0.39, 0.29) is 23.8 Å². The smallest absolute Gasteiger partial charge is 0.225 e. The first-order valence-electron chi connectivity index (χ1n) is 6.51. The highest BCUT2D eigenvalue weighted by atomic mass is 16.5. The molecule has 1 N–H and O–H groups in total. The number of nitrogens with zero attached hydrogens (tertiary/aromatic N) is 1. The number of hydrogen-bond acceptors (Lipinski definition) is 3. The van der Waals surface area contributed by atoms with Crippen LogP contribution in [0.2, 0.25) is 0 Å². The number of methoxy groups -OCH3 is 1. The molecule has 5 heteroatoms. The largest absolute Gasteiger partial charge is 0.383 e. The summed E-state index contributed by atoms with van der Waals surface area (Å²) in [5.74, 6) is 0.249. The van der Waals surface area contributed by atoms with Gasteiger partial charge in [0, 0.05) is 26.6 Å². The Morgan fingerprint density at radius 2 is 2.17 bits per heavy atom. The second kappa shape index (κ2) is 6.73. The van der Waals surface area contributed by atoms with Crippen LogP contribution in [0.25, 0.3) is 0 Å². The van der Waals surface area contributed by atoms with Crippen LogP contribution in [0, 0.1) is 11.8 Å². The van der Waals surface area contributed by atoms with Crippen LogP contribution in [-0.4, -0.2) is 49.6 Å². The van der Waals surface area contributed by atoms with Crippen LogP contribution in [0.15, 0.2) is 0 Å². The number of nitrogens with one attached hydrogen (secondary N) is 1. The van der Waals surface area contributed by atoms with E-state index >= 15 is 0 Å². The van der Waals surface area contributed by atoms with Gasteiger partial charge >= 0.3 is 0 Å². The Bertz CT molecular complexity index is 305. The van der Waals surface area contributed by atoms with Gasteiger partial charge in [-0.1, -0.05) is 13.8 Å². The molecule has 2 amide bonds. The Hall–Kier alpha value is -1.10. The van der Waals surface area contributed by atoms with Crippen LogP contribution in [0.3, 0.4) is 0 Å². The van der Waals surface area contributed by atoms with E-state index in [1.807, 2.05) is 20.8 Å². The zero-order valence-electron chi connectivity index (χ0n) is 11.7. The van der Waals surface area contributed by atoms with Crippen molar-refractivity contribution in [3.05, 3.63) is 0 Å². The third kappa shape index (κ3) is 3.98. The van der Waals surface area contributed by atoms with Crippen LogP contribution < -0.4 is 5.32 Å². The lowest BCUT2D eigenvalue weighted by molar-refractivity contribution is -0.130. The standard InChI is InChI=1S/C13H24N2O3/c1-9(2)6-14-13(17)11-5-12(16)15(7-11)10(3)8-18-4/h9-11H,5-8H2,1-4H3,(H,14,17)/t10-,11-/m1/s1. The molecule has 104 valence electrons. The molecule has 1 heterocycles. The molecule has 0 aliphatic carbocycles. The molecular weight excluding hydrogens is 232 g/mol. The van der Waals surface area contributed by atoms with E-state index in [1.165, 1.54) is 0 Å². The molecule has 1 aliphatic rings. The minimum absolute atomic E-state index is 0.0100. The van der Waals surface area contributed by atoms with Gasteiger partial charge < -0.3 is 15.0 Å². The Morgan fingerprint density at radius 3 is 2.72 bits per heavy atom. The first-order chi connectivity index (χ1) is 8.45. The average molecular weight is 256 g/mol. The van der Waals surface area contributed by atoms with Gasteiger partial charge in [0.05, 0.1) is 18.6 Å². The predicted octanol–water partition coefficient (Wildman–Crippen LogP) is 0.642. The average Bonchev–Trinajstić information content (AvgIpc) is 2.68. The maximum absolute atomic E-state index is 11.9. The molecule has 0 saturated carbocycles. The van der Waals surface area contributed by atoms with Gasteiger partial charge in [0.2, 0.25) is 11.8 Å². The van der Waals surface area contributed by atoms with Crippen LogP contribution in [0.5, 0.6) is 0 Å². The van der Waals surface area contributed by atoms with Crippen molar-refractivity contribution in [2.75, 3.05) is 26.8 Å². The Morgan fingerprint density at radius 1 is 1.50 bits per heavy atom. The number of rotatable bonds is 6. The topological polar surface area (TPSA) is 58.6 Å². The summed E-state index contributed by atoms with van der Waals surface area (Å²) in [6.07, 6.45) is 0.317. The first-order valence-corrected chi connectivity index (χ1v) is 6.51. The first kappa shape index (κ1) is 15.0. The molecule has 1 aliphatic heterocycles. The van der Waals surface area contributed by atoms with Crippen molar-refractivity contribution in [2.24, 2.45) is 11.8 Å². The fraction of sp³-hybridized carbons (Fsp3) is 0.846. The van der Waals surface area contributed by atoms with E-state index in [1.54, 1.807) is 12.0 Å². The summed E-state index contributed by atoms with van der Waals surface area (Å²) in [5.41, 5.74) is 0. The lowest BCUT2D eigenvalue weighted by Crippen LogP contribution is -2.39. The summed E-state index contributed by atoms with van der Waals surface area (Å²) in [6.45, 7) is 7.71. The molecule has 1 saturated heterocycles. The summed E-state index contributed by atoms with van der Waals surface area (Å²) < 4.78 is 5.04. The minimum atomic E-state index is -0.212. The summed E-state index contributed by atoms with van der Waals surface area (Å²) in [4.78, 5) is 25.5. The predicted molar refractivity (Wildman–Crippen MR) is 69.0 cm³/mol. The van der Waals surface area contributed by atoms with Gasteiger partial charge in [0.1, 0.15) is 0 Å². The molecule has 0 aromatic carbocycles. The highest BCUT2D eigenvalue weighted by Gasteiger charge is 2.36. The van der Waals surface area contributed by atoms with Gasteiger partial charge in [-0.05, 0) is 12.8 Å². The van der Waals surface area contributed by atoms with Gasteiger partial charge in [-0.15, -0.1) is 0 Å². The molecule has 2 atom stereocenters. The fourth-order valence-electron chi connectivity index (χ4n) is 2.11. The van der Waals surface area contributed by atoms with Crippen molar-refractivity contribution in [3.8, 4) is 0 Å². The van der Waals surface area contributed by atoms with Gasteiger partial charge in [-0.25, -0.2) is 0 Å². The third-order valence-electron chi connectivity index (χ3n) is 3.15. The van der Waals surface area contributed by atoms with Crippen LogP contribution in [-0.2, 0) is 14.3 Å². The second-order valence-electron chi connectivity index (χ2n) is 5.39. The van der Waals surface area contributed by atoms with E-state index in [2.05, 4.69) is 5.32 Å². The van der Waals surface area contributed by atoms with Crippen LogP contribution in [0.4, 0.5) is 0 Å². The Kier molecular flexibility index (Phi) is 5.59. The monoisotopic (exact) mass is 256 g/mol. The molecular formula is C13H24N2O3. The van der Waals surface area contributed by atoms with Crippen molar-refractivity contribution < 1.29 is 14.3 Å². The third-order valence-corrected chi connectivity index (χ3v) is 3.15. The summed E-state index contributed by atoms with van der Waals surface area (Å²) >= 11 is 0. The van der Waals surface area contributed by atoms with Gasteiger partial charge in [-0.3, -0.25) is 9.59 Å². The zero-order chi connectivity index (χ0) is 13.7. The molecule has 0 bridgehead atoms. The van der Waals surface area contributed by atoms with E-state index in [0.717, 1.165) is 0 Å². The van der Waals surface area contributed by atoms with E-state index in [9.17, 15) is 9.59 Å². The van der Waals surface area contributed by atoms with Crippen molar-refractivity contribution in [2.45, 2.75) is 33.2 Å². The molecule has 0 spiro atoms. The zero-order valence-corrected chi connectivity index (χ0v) is 11.7. The number of carbonyl (C=O) groups is 2. The maximum Gasteiger partial charge on any atom is 0.225 e. The lowest BCUT2D eigenvalue weighted by atomic mass is 10.1. The highest BCUT2D eigenvalue weighted by molar-refractivity contribution is 5.89. The van der Waals surface area contributed by atoms with Gasteiger partial charge in [0.25, 0.3) is 0 Å². The molecule has 18 heavy (non-hydrogen) atoms. The number of carbonyl (C=O) groups excluding carboxylic acids is 2. The second-order valence-corrected chi connectivity index (χ2v) is 5.39. The minimum Gasteiger partial charge on any atom is -0.383 e. The van der Waals surface area contributed by atoms with E-state index < -0.39 is 0 Å². The molecule has 5 nitrogen and oxygen atoms in total. The highest BCUT2D eigenvalue weighted by Crippen LogP contribution is 2.20. The molecule has 1 fully saturated rings. The maximum atomic E-state index is 11.9. The number of ether oxygens (including phenoxy) is 1.